The third-order valence-corrected chi connectivity index (χ3v) is 5.76. The number of aliphatic hydroxyl groups is 1. The highest BCUT2D eigenvalue weighted by atomic mass is 16.5. The molecule has 5 heteroatoms. The molecule has 5 nitrogen and oxygen atoms in total. The Morgan fingerprint density at radius 1 is 0.833 bits per heavy atom. The molecule has 0 saturated heterocycles. The molecule has 2 fully saturated rings. The maximum absolute atomic E-state index is 11.6. The largest absolute Gasteiger partial charge is 0.469 e. The summed E-state index contributed by atoms with van der Waals surface area (Å²) in [6.07, 6.45) is 9.23. The van der Waals surface area contributed by atoms with Crippen molar-refractivity contribution < 1.29 is 24.2 Å². The van der Waals surface area contributed by atoms with Gasteiger partial charge in [-0.1, -0.05) is 58.3 Å². The van der Waals surface area contributed by atoms with Gasteiger partial charge in [-0.15, -0.1) is 0 Å². The molecule has 0 aromatic rings. The van der Waals surface area contributed by atoms with E-state index >= 15 is 0 Å². The lowest BCUT2D eigenvalue weighted by Crippen LogP contribution is -2.27. The number of methoxy groups -OCH3 is 1. The van der Waals surface area contributed by atoms with E-state index in [4.69, 9.17) is 14.6 Å². The van der Waals surface area contributed by atoms with Gasteiger partial charge in [0.15, 0.2) is 0 Å². The molecule has 0 aromatic heterocycles. The smallest absolute Gasteiger partial charge is 0.309 e. The first-order valence-corrected chi connectivity index (χ1v) is 11.3. The van der Waals surface area contributed by atoms with Crippen LogP contribution in [0.5, 0.6) is 0 Å². The summed E-state index contributed by atoms with van der Waals surface area (Å²) < 4.78 is 9.90. The Kier molecular flexibility index (Phi) is 15.2. The average molecular weight is 425 g/mol. The summed E-state index contributed by atoms with van der Waals surface area (Å²) in [5.41, 5.74) is 1.71. The van der Waals surface area contributed by atoms with Gasteiger partial charge >= 0.3 is 11.9 Å². The number of carbonyl (C=O) groups excluding carboxylic acids is 2. The highest BCUT2D eigenvalue weighted by Gasteiger charge is 2.29. The van der Waals surface area contributed by atoms with Crippen molar-refractivity contribution in [2.75, 3.05) is 20.3 Å². The summed E-state index contributed by atoms with van der Waals surface area (Å²) in [4.78, 5) is 22.8. The van der Waals surface area contributed by atoms with Crippen LogP contribution in [-0.4, -0.2) is 37.4 Å². The fourth-order valence-corrected chi connectivity index (χ4v) is 3.79. The van der Waals surface area contributed by atoms with Gasteiger partial charge in [-0.2, -0.15) is 0 Å². The SMILES string of the molecule is C=C(C)CO.C=C(C)COC(=O)C1CCCCC1C.COC(=O)C1CCCCC1C. The molecule has 2 saturated carbocycles. The molecule has 0 amide bonds. The van der Waals surface area contributed by atoms with Crippen LogP contribution in [0.1, 0.15) is 79.1 Å². The van der Waals surface area contributed by atoms with Crippen molar-refractivity contribution in [1.29, 1.82) is 0 Å². The van der Waals surface area contributed by atoms with Gasteiger partial charge < -0.3 is 14.6 Å². The average Bonchev–Trinajstić information content (AvgIpc) is 2.73. The zero-order valence-electron chi connectivity index (χ0n) is 19.9. The molecule has 2 aliphatic rings. The molecule has 0 aliphatic heterocycles. The van der Waals surface area contributed by atoms with Crippen molar-refractivity contribution in [1.82, 2.24) is 0 Å². The highest BCUT2D eigenvalue weighted by molar-refractivity contribution is 5.73. The molecule has 30 heavy (non-hydrogen) atoms. The number of hydrogen-bond acceptors (Lipinski definition) is 5. The predicted molar refractivity (Wildman–Crippen MR) is 122 cm³/mol. The minimum Gasteiger partial charge on any atom is -0.469 e. The van der Waals surface area contributed by atoms with Crippen molar-refractivity contribution in [3.05, 3.63) is 24.3 Å². The van der Waals surface area contributed by atoms with Crippen LogP contribution in [0.15, 0.2) is 24.3 Å². The van der Waals surface area contributed by atoms with Gasteiger partial charge in [-0.3, -0.25) is 9.59 Å². The van der Waals surface area contributed by atoms with Crippen molar-refractivity contribution >= 4 is 11.9 Å². The van der Waals surface area contributed by atoms with E-state index in [9.17, 15) is 9.59 Å². The van der Waals surface area contributed by atoms with Crippen molar-refractivity contribution in [3.8, 4) is 0 Å². The number of hydrogen-bond donors (Lipinski definition) is 1. The van der Waals surface area contributed by atoms with Crippen molar-refractivity contribution in [2.45, 2.75) is 79.1 Å². The molecule has 0 radical (unpaired) electrons. The third-order valence-electron chi connectivity index (χ3n) is 5.76. The van der Waals surface area contributed by atoms with E-state index in [1.807, 2.05) is 6.92 Å². The summed E-state index contributed by atoms with van der Waals surface area (Å²) in [6.45, 7) is 15.6. The maximum Gasteiger partial charge on any atom is 0.309 e. The first-order valence-electron chi connectivity index (χ1n) is 11.3. The molecule has 0 aromatic carbocycles. The monoisotopic (exact) mass is 424 g/mol. The molecule has 4 unspecified atom stereocenters. The van der Waals surface area contributed by atoms with Gasteiger partial charge in [0, 0.05) is 0 Å². The van der Waals surface area contributed by atoms with Crippen LogP contribution in [0, 0.1) is 23.7 Å². The Bertz CT molecular complexity index is 540. The second-order valence-corrected chi connectivity index (χ2v) is 8.94. The minimum atomic E-state index is -0.0276. The molecule has 1 N–H and O–H groups in total. The Hall–Kier alpha value is -1.62. The van der Waals surface area contributed by atoms with Crippen LogP contribution in [0.3, 0.4) is 0 Å². The van der Waals surface area contributed by atoms with Crippen LogP contribution in [0.25, 0.3) is 0 Å². The molecule has 2 rings (SSSR count). The van der Waals surface area contributed by atoms with E-state index in [0.29, 0.717) is 18.4 Å². The summed E-state index contributed by atoms with van der Waals surface area (Å²) in [7, 11) is 1.48. The second kappa shape index (κ2) is 16.1. The van der Waals surface area contributed by atoms with E-state index < -0.39 is 0 Å². The lowest BCUT2D eigenvalue weighted by atomic mass is 9.80. The van der Waals surface area contributed by atoms with E-state index in [2.05, 4.69) is 27.0 Å². The lowest BCUT2D eigenvalue weighted by molar-refractivity contribution is -0.150. The van der Waals surface area contributed by atoms with Gasteiger partial charge in [-0.05, 0) is 56.9 Å². The number of carbonyl (C=O) groups is 2. The second-order valence-electron chi connectivity index (χ2n) is 8.94. The molecule has 174 valence electrons. The number of esters is 2. The van der Waals surface area contributed by atoms with Crippen LogP contribution < -0.4 is 0 Å². The van der Waals surface area contributed by atoms with E-state index in [0.717, 1.165) is 36.8 Å². The fourth-order valence-electron chi connectivity index (χ4n) is 3.79. The van der Waals surface area contributed by atoms with Gasteiger partial charge in [0.1, 0.15) is 6.61 Å². The molecule has 0 bridgehead atoms. The van der Waals surface area contributed by atoms with Gasteiger partial charge in [0.05, 0.1) is 25.6 Å². The molecule has 0 heterocycles. The van der Waals surface area contributed by atoms with E-state index in [1.54, 1.807) is 6.92 Å². The zero-order chi connectivity index (χ0) is 23.1. The molecular weight excluding hydrogens is 380 g/mol. The van der Waals surface area contributed by atoms with Crippen LogP contribution >= 0.6 is 0 Å². The Morgan fingerprint density at radius 2 is 1.23 bits per heavy atom. The Morgan fingerprint density at radius 3 is 1.57 bits per heavy atom. The topological polar surface area (TPSA) is 72.8 Å². The first-order chi connectivity index (χ1) is 14.1. The summed E-state index contributed by atoms with van der Waals surface area (Å²) in [5, 5.41) is 8.04. The van der Waals surface area contributed by atoms with Crippen LogP contribution in [0.4, 0.5) is 0 Å². The van der Waals surface area contributed by atoms with E-state index in [-0.39, 0.29) is 30.4 Å². The summed E-state index contributed by atoms with van der Waals surface area (Å²) in [5.74, 6) is 1.27. The maximum atomic E-state index is 11.6. The Labute approximate surface area is 183 Å². The van der Waals surface area contributed by atoms with Gasteiger partial charge in [0.25, 0.3) is 0 Å². The summed E-state index contributed by atoms with van der Waals surface area (Å²) >= 11 is 0. The fraction of sp³-hybridized carbons (Fsp3) is 0.760. The van der Waals surface area contributed by atoms with E-state index in [1.165, 1.54) is 32.8 Å². The predicted octanol–water partition coefficient (Wildman–Crippen LogP) is 5.47. The highest BCUT2D eigenvalue weighted by Crippen LogP contribution is 2.31. The van der Waals surface area contributed by atoms with Crippen LogP contribution in [-0.2, 0) is 19.1 Å². The van der Waals surface area contributed by atoms with Gasteiger partial charge in [-0.25, -0.2) is 0 Å². The van der Waals surface area contributed by atoms with Crippen LogP contribution in [0.2, 0.25) is 0 Å². The molecule has 2 aliphatic carbocycles. The third kappa shape index (κ3) is 12.2. The number of ether oxygens (including phenoxy) is 2. The van der Waals surface area contributed by atoms with Crippen molar-refractivity contribution in [3.63, 3.8) is 0 Å². The quantitative estimate of drug-likeness (QED) is 0.468. The number of rotatable bonds is 5. The minimum absolute atomic E-state index is 0.0165. The van der Waals surface area contributed by atoms with Gasteiger partial charge in [0.2, 0.25) is 0 Å². The van der Waals surface area contributed by atoms with Crippen molar-refractivity contribution in [2.24, 2.45) is 23.7 Å². The molecular formula is C25H44O5. The normalized spacial score (nSPS) is 25.4. The lowest BCUT2D eigenvalue weighted by Gasteiger charge is -2.26. The number of aliphatic hydroxyl groups excluding tert-OH is 1. The molecule has 0 spiro atoms. The Balaban J connectivity index is 0.000000468. The zero-order valence-corrected chi connectivity index (χ0v) is 19.9. The standard InChI is InChI=1S/C12H20O2.C9H16O2.C4H8O/c1-9(2)8-14-12(13)11-7-5-4-6-10(11)3;1-7-5-3-4-6-8(7)9(10)11-2;1-4(2)3-5/h10-11H,1,4-8H2,2-3H3;7-8H,3-6H2,1-2H3;5H,1,3H2,2H3. The molecule has 4 atom stereocenters. The summed E-state index contributed by atoms with van der Waals surface area (Å²) in [6, 6.07) is 0. The first kappa shape index (κ1) is 28.4.